The molecule has 0 amide bonds. The number of esters is 2. The Morgan fingerprint density at radius 1 is 1.39 bits per heavy atom. The van der Waals surface area contributed by atoms with Gasteiger partial charge in [0.15, 0.2) is 0 Å². The van der Waals surface area contributed by atoms with E-state index in [9.17, 15) is 18.4 Å². The van der Waals surface area contributed by atoms with Crippen LogP contribution in [0, 0.1) is 6.92 Å². The van der Waals surface area contributed by atoms with E-state index in [-0.39, 0.29) is 12.2 Å². The zero-order valence-electron chi connectivity index (χ0n) is 9.48. The van der Waals surface area contributed by atoms with E-state index in [1.165, 1.54) is 6.07 Å². The second kappa shape index (κ2) is 4.72. The summed E-state index contributed by atoms with van der Waals surface area (Å²) in [5.74, 6) is -2.01. The van der Waals surface area contributed by atoms with Crippen LogP contribution in [0.25, 0.3) is 0 Å². The topological polar surface area (TPSA) is 52.6 Å². The SMILES string of the molecule is Cc1ccc(C2CC(=O)OC2=O)cc1OC(F)F. The number of alkyl halides is 2. The van der Waals surface area contributed by atoms with Gasteiger partial charge in [-0.3, -0.25) is 9.59 Å². The van der Waals surface area contributed by atoms with Crippen molar-refractivity contribution < 1.29 is 27.8 Å². The first-order valence-corrected chi connectivity index (χ1v) is 5.27. The largest absolute Gasteiger partial charge is 0.435 e. The van der Waals surface area contributed by atoms with Crippen molar-refractivity contribution in [3.05, 3.63) is 29.3 Å². The van der Waals surface area contributed by atoms with Crippen LogP contribution in [-0.4, -0.2) is 18.6 Å². The molecule has 0 spiro atoms. The molecule has 4 nitrogen and oxygen atoms in total. The zero-order chi connectivity index (χ0) is 13.3. The predicted octanol–water partition coefficient (Wildman–Crippen LogP) is 2.15. The molecule has 1 atom stereocenters. The van der Waals surface area contributed by atoms with E-state index in [4.69, 9.17) is 0 Å². The maximum absolute atomic E-state index is 12.2. The lowest BCUT2D eigenvalue weighted by atomic mass is 9.96. The summed E-state index contributed by atoms with van der Waals surface area (Å²) < 4.78 is 33.1. The third-order valence-corrected chi connectivity index (χ3v) is 2.70. The van der Waals surface area contributed by atoms with Crippen LogP contribution in [0.1, 0.15) is 23.5 Å². The number of cyclic esters (lactones) is 2. The standard InChI is InChI=1S/C12H10F2O4/c1-6-2-3-7(4-9(6)17-12(13)14)8-5-10(15)18-11(8)16/h2-4,8,12H,5H2,1H3. The molecule has 1 aliphatic heterocycles. The first kappa shape index (κ1) is 12.5. The Morgan fingerprint density at radius 2 is 2.11 bits per heavy atom. The normalized spacial score (nSPS) is 19.2. The summed E-state index contributed by atoms with van der Waals surface area (Å²) in [4.78, 5) is 22.3. The molecule has 18 heavy (non-hydrogen) atoms. The maximum Gasteiger partial charge on any atom is 0.387 e. The van der Waals surface area contributed by atoms with Crippen LogP contribution in [-0.2, 0) is 14.3 Å². The molecule has 0 radical (unpaired) electrons. The van der Waals surface area contributed by atoms with Crippen LogP contribution in [0.4, 0.5) is 8.78 Å². The van der Waals surface area contributed by atoms with Gasteiger partial charge in [-0.25, -0.2) is 0 Å². The number of rotatable bonds is 3. The molecular formula is C12H10F2O4. The second-order valence-electron chi connectivity index (χ2n) is 3.95. The number of carbonyl (C=O) groups is 2. The van der Waals surface area contributed by atoms with Crippen molar-refractivity contribution in [1.29, 1.82) is 0 Å². The quantitative estimate of drug-likeness (QED) is 0.614. The van der Waals surface area contributed by atoms with E-state index in [2.05, 4.69) is 9.47 Å². The van der Waals surface area contributed by atoms with Gasteiger partial charge in [0.25, 0.3) is 0 Å². The lowest BCUT2D eigenvalue weighted by Crippen LogP contribution is -2.08. The van der Waals surface area contributed by atoms with Gasteiger partial charge in [-0.2, -0.15) is 8.78 Å². The molecule has 1 aliphatic rings. The highest BCUT2D eigenvalue weighted by atomic mass is 19.3. The van der Waals surface area contributed by atoms with Gasteiger partial charge < -0.3 is 9.47 Å². The molecular weight excluding hydrogens is 246 g/mol. The van der Waals surface area contributed by atoms with Crippen LogP contribution in [0.15, 0.2) is 18.2 Å². The Balaban J connectivity index is 2.29. The van der Waals surface area contributed by atoms with Crippen LogP contribution in [0.5, 0.6) is 5.75 Å². The van der Waals surface area contributed by atoms with E-state index in [1.807, 2.05) is 0 Å². The first-order valence-electron chi connectivity index (χ1n) is 5.27. The van der Waals surface area contributed by atoms with Gasteiger partial charge in [0.05, 0.1) is 12.3 Å². The van der Waals surface area contributed by atoms with Gasteiger partial charge in [-0.15, -0.1) is 0 Å². The summed E-state index contributed by atoms with van der Waals surface area (Å²) in [7, 11) is 0. The van der Waals surface area contributed by atoms with Gasteiger partial charge in [-0.05, 0) is 24.1 Å². The van der Waals surface area contributed by atoms with Gasteiger partial charge in [0, 0.05) is 0 Å². The third kappa shape index (κ3) is 2.47. The molecule has 1 unspecified atom stereocenters. The minimum Gasteiger partial charge on any atom is -0.435 e. The fourth-order valence-electron chi connectivity index (χ4n) is 1.79. The van der Waals surface area contributed by atoms with E-state index in [1.54, 1.807) is 19.1 Å². The molecule has 0 saturated carbocycles. The first-order chi connectivity index (χ1) is 8.47. The van der Waals surface area contributed by atoms with E-state index < -0.39 is 24.5 Å². The summed E-state index contributed by atoms with van der Waals surface area (Å²) in [5.41, 5.74) is 0.962. The second-order valence-corrected chi connectivity index (χ2v) is 3.95. The molecule has 6 heteroatoms. The van der Waals surface area contributed by atoms with E-state index in [0.29, 0.717) is 11.1 Å². The highest BCUT2D eigenvalue weighted by Gasteiger charge is 2.35. The molecule has 2 rings (SSSR count). The number of ether oxygens (including phenoxy) is 2. The number of aryl methyl sites for hydroxylation is 1. The summed E-state index contributed by atoms with van der Waals surface area (Å²) in [6.45, 7) is -1.32. The smallest absolute Gasteiger partial charge is 0.387 e. The number of carbonyl (C=O) groups excluding carboxylic acids is 2. The number of benzene rings is 1. The molecule has 1 aromatic rings. The van der Waals surface area contributed by atoms with Crippen molar-refractivity contribution >= 4 is 11.9 Å². The molecule has 1 heterocycles. The summed E-state index contributed by atoms with van der Waals surface area (Å²) in [5, 5.41) is 0. The monoisotopic (exact) mass is 256 g/mol. The fourth-order valence-corrected chi connectivity index (χ4v) is 1.79. The Hall–Kier alpha value is -1.98. The van der Waals surface area contributed by atoms with Crippen molar-refractivity contribution in [2.45, 2.75) is 25.9 Å². The Morgan fingerprint density at radius 3 is 2.67 bits per heavy atom. The third-order valence-electron chi connectivity index (χ3n) is 2.70. The van der Waals surface area contributed by atoms with Gasteiger partial charge in [0.2, 0.25) is 0 Å². The van der Waals surface area contributed by atoms with Crippen LogP contribution in [0.3, 0.4) is 0 Å². The van der Waals surface area contributed by atoms with Crippen LogP contribution < -0.4 is 4.74 Å². The van der Waals surface area contributed by atoms with Crippen molar-refractivity contribution in [1.82, 2.24) is 0 Å². The Kier molecular flexibility index (Phi) is 3.27. The minimum atomic E-state index is -2.93. The van der Waals surface area contributed by atoms with Crippen molar-refractivity contribution in [2.75, 3.05) is 0 Å². The predicted molar refractivity (Wildman–Crippen MR) is 56.3 cm³/mol. The number of hydrogen-bond acceptors (Lipinski definition) is 4. The molecule has 0 N–H and O–H groups in total. The fraction of sp³-hybridized carbons (Fsp3) is 0.333. The molecule has 0 bridgehead atoms. The van der Waals surface area contributed by atoms with E-state index in [0.717, 1.165) is 0 Å². The molecule has 96 valence electrons. The Bertz CT molecular complexity index is 499. The minimum absolute atomic E-state index is 0.00495. The van der Waals surface area contributed by atoms with E-state index >= 15 is 0 Å². The Labute approximate surface area is 101 Å². The molecule has 1 fully saturated rings. The van der Waals surface area contributed by atoms with Crippen molar-refractivity contribution in [3.8, 4) is 5.75 Å². The maximum atomic E-state index is 12.2. The zero-order valence-corrected chi connectivity index (χ0v) is 9.48. The summed E-state index contributed by atoms with van der Waals surface area (Å²) in [6.07, 6.45) is -0.0734. The van der Waals surface area contributed by atoms with Crippen molar-refractivity contribution in [3.63, 3.8) is 0 Å². The number of halogens is 2. The van der Waals surface area contributed by atoms with Gasteiger partial charge in [0.1, 0.15) is 5.75 Å². The lowest BCUT2D eigenvalue weighted by molar-refractivity contribution is -0.152. The highest BCUT2D eigenvalue weighted by molar-refractivity contribution is 5.97. The number of hydrogen-bond donors (Lipinski definition) is 0. The highest BCUT2D eigenvalue weighted by Crippen LogP contribution is 2.31. The molecule has 0 aliphatic carbocycles. The van der Waals surface area contributed by atoms with Gasteiger partial charge in [-0.1, -0.05) is 12.1 Å². The summed E-state index contributed by atoms with van der Waals surface area (Å²) >= 11 is 0. The lowest BCUT2D eigenvalue weighted by Gasteiger charge is -2.11. The van der Waals surface area contributed by atoms with Crippen molar-refractivity contribution in [2.24, 2.45) is 0 Å². The average Bonchev–Trinajstić information content (AvgIpc) is 2.60. The molecule has 0 aromatic heterocycles. The van der Waals surface area contributed by atoms with Crippen LogP contribution >= 0.6 is 0 Å². The molecule has 1 aromatic carbocycles. The average molecular weight is 256 g/mol. The van der Waals surface area contributed by atoms with Gasteiger partial charge >= 0.3 is 18.6 Å². The summed E-state index contributed by atoms with van der Waals surface area (Å²) in [6, 6.07) is 4.49. The van der Waals surface area contributed by atoms with Crippen LogP contribution in [0.2, 0.25) is 0 Å². The molecule has 1 saturated heterocycles.